The highest BCUT2D eigenvalue weighted by atomic mass is 16.5. The summed E-state index contributed by atoms with van der Waals surface area (Å²) in [4.78, 5) is 13.5. The van der Waals surface area contributed by atoms with Crippen molar-refractivity contribution in [2.75, 3.05) is 30.9 Å². The van der Waals surface area contributed by atoms with Crippen LogP contribution in [0.15, 0.2) is 18.2 Å². The normalized spacial score (nSPS) is 15.9. The van der Waals surface area contributed by atoms with Crippen molar-refractivity contribution in [2.24, 2.45) is 5.92 Å². The highest BCUT2D eigenvalue weighted by molar-refractivity contribution is 5.95. The van der Waals surface area contributed by atoms with Crippen LogP contribution >= 0.6 is 0 Å². The van der Waals surface area contributed by atoms with Crippen molar-refractivity contribution in [1.82, 2.24) is 0 Å². The van der Waals surface area contributed by atoms with E-state index in [4.69, 9.17) is 10.5 Å². The lowest BCUT2D eigenvalue weighted by Gasteiger charge is -2.32. The third kappa shape index (κ3) is 3.22. The first-order valence-electron chi connectivity index (χ1n) is 6.93. The number of carboxylic acids is 1. The first kappa shape index (κ1) is 14.7. The van der Waals surface area contributed by atoms with Gasteiger partial charge in [-0.25, -0.2) is 4.79 Å². The summed E-state index contributed by atoms with van der Waals surface area (Å²) in [5.41, 5.74) is 7.40. The van der Waals surface area contributed by atoms with Gasteiger partial charge in [0.15, 0.2) is 0 Å². The Hall–Kier alpha value is -1.75. The molecule has 0 aliphatic heterocycles. The third-order valence-electron chi connectivity index (χ3n) is 3.89. The van der Waals surface area contributed by atoms with Crippen LogP contribution in [0.3, 0.4) is 0 Å². The van der Waals surface area contributed by atoms with Gasteiger partial charge < -0.3 is 20.5 Å². The van der Waals surface area contributed by atoms with Gasteiger partial charge in [-0.3, -0.25) is 0 Å². The first-order valence-corrected chi connectivity index (χ1v) is 6.93. The molecular formula is C15H22N2O3. The summed E-state index contributed by atoms with van der Waals surface area (Å²) in [7, 11) is 1.65. The maximum Gasteiger partial charge on any atom is 0.337 e. The fourth-order valence-corrected chi connectivity index (χ4v) is 2.53. The fourth-order valence-electron chi connectivity index (χ4n) is 2.53. The van der Waals surface area contributed by atoms with Crippen molar-refractivity contribution in [1.29, 1.82) is 0 Å². The van der Waals surface area contributed by atoms with Crippen molar-refractivity contribution in [2.45, 2.75) is 25.8 Å². The molecule has 0 aromatic heterocycles. The number of nitrogens with zero attached hydrogens (tertiary/aromatic N) is 1. The van der Waals surface area contributed by atoms with Crippen LogP contribution in [0.1, 0.15) is 30.1 Å². The highest BCUT2D eigenvalue weighted by Crippen LogP contribution is 2.38. The van der Waals surface area contributed by atoms with E-state index in [0.29, 0.717) is 42.0 Å². The summed E-state index contributed by atoms with van der Waals surface area (Å²) in [5, 5.41) is 9.37. The molecule has 20 heavy (non-hydrogen) atoms. The van der Waals surface area contributed by atoms with E-state index in [1.807, 2.05) is 0 Å². The Kier molecular flexibility index (Phi) is 4.49. The Labute approximate surface area is 119 Å². The number of methoxy groups -OCH3 is 1. The second-order valence-corrected chi connectivity index (χ2v) is 5.35. The van der Waals surface area contributed by atoms with Gasteiger partial charge in [-0.05, 0) is 43.9 Å². The Bertz CT molecular complexity index is 486. The van der Waals surface area contributed by atoms with E-state index in [2.05, 4.69) is 11.8 Å². The molecule has 0 radical (unpaired) electrons. The lowest BCUT2D eigenvalue weighted by Crippen LogP contribution is -2.38. The van der Waals surface area contributed by atoms with Crippen LogP contribution < -0.4 is 10.6 Å². The van der Waals surface area contributed by atoms with Crippen LogP contribution in [0.25, 0.3) is 0 Å². The van der Waals surface area contributed by atoms with E-state index >= 15 is 0 Å². The fraction of sp³-hybridized carbons (Fsp3) is 0.533. The number of nitrogens with two attached hydrogens (primary N) is 1. The number of anilines is 2. The standard InChI is InChI=1S/C15H22N2O3/c1-10(11-3-4-11)17(7-8-20-2)14-9-12(16)5-6-13(14)15(18)19/h5-6,9-11H,3-4,7-8,16H2,1-2H3,(H,18,19). The molecule has 2 rings (SSSR count). The van der Waals surface area contributed by atoms with Gasteiger partial charge in [0.1, 0.15) is 0 Å². The molecule has 0 amide bonds. The maximum absolute atomic E-state index is 11.4. The van der Waals surface area contributed by atoms with E-state index in [-0.39, 0.29) is 0 Å². The Morgan fingerprint density at radius 2 is 2.25 bits per heavy atom. The molecule has 0 bridgehead atoms. The van der Waals surface area contributed by atoms with Crippen LogP contribution in [-0.2, 0) is 4.74 Å². The Morgan fingerprint density at radius 3 is 2.80 bits per heavy atom. The van der Waals surface area contributed by atoms with Crippen LogP contribution in [0.2, 0.25) is 0 Å². The molecule has 0 saturated heterocycles. The summed E-state index contributed by atoms with van der Waals surface area (Å²) < 4.78 is 5.15. The van der Waals surface area contributed by atoms with Gasteiger partial charge in [-0.2, -0.15) is 0 Å². The molecule has 1 aliphatic rings. The third-order valence-corrected chi connectivity index (χ3v) is 3.89. The molecule has 5 heteroatoms. The average Bonchev–Trinajstić information content (AvgIpc) is 3.23. The van der Waals surface area contributed by atoms with Gasteiger partial charge in [0.2, 0.25) is 0 Å². The van der Waals surface area contributed by atoms with Crippen LogP contribution in [0.4, 0.5) is 11.4 Å². The number of rotatable bonds is 7. The number of ether oxygens (including phenoxy) is 1. The highest BCUT2D eigenvalue weighted by Gasteiger charge is 2.33. The van der Waals surface area contributed by atoms with Gasteiger partial charge in [0, 0.05) is 25.4 Å². The van der Waals surface area contributed by atoms with Gasteiger partial charge in [0.25, 0.3) is 0 Å². The van der Waals surface area contributed by atoms with Crippen molar-refractivity contribution in [3.63, 3.8) is 0 Å². The largest absolute Gasteiger partial charge is 0.478 e. The number of hydrogen-bond donors (Lipinski definition) is 2. The quantitative estimate of drug-likeness (QED) is 0.748. The monoisotopic (exact) mass is 278 g/mol. The molecule has 110 valence electrons. The molecule has 0 spiro atoms. The van der Waals surface area contributed by atoms with Crippen LogP contribution in [0, 0.1) is 5.92 Å². The molecule has 1 atom stereocenters. The zero-order valence-corrected chi connectivity index (χ0v) is 12.0. The van der Waals surface area contributed by atoms with Gasteiger partial charge in [-0.15, -0.1) is 0 Å². The molecule has 1 unspecified atom stereocenters. The molecule has 1 aromatic rings. The molecule has 1 saturated carbocycles. The maximum atomic E-state index is 11.4. The van der Waals surface area contributed by atoms with Crippen molar-refractivity contribution < 1.29 is 14.6 Å². The van der Waals surface area contributed by atoms with Gasteiger partial charge in [0.05, 0.1) is 17.9 Å². The van der Waals surface area contributed by atoms with E-state index in [1.54, 1.807) is 25.3 Å². The smallest absolute Gasteiger partial charge is 0.337 e. The SMILES string of the molecule is COCCN(c1cc(N)ccc1C(=O)O)C(C)C1CC1. The van der Waals surface area contributed by atoms with Crippen LogP contribution in [0.5, 0.6) is 0 Å². The van der Waals surface area contributed by atoms with Gasteiger partial charge in [-0.1, -0.05) is 0 Å². The predicted molar refractivity (Wildman–Crippen MR) is 79.2 cm³/mol. The average molecular weight is 278 g/mol. The predicted octanol–water partition coefficient (Wildman–Crippen LogP) is 2.22. The van der Waals surface area contributed by atoms with Crippen molar-refractivity contribution in [3.8, 4) is 0 Å². The molecule has 0 heterocycles. The minimum absolute atomic E-state index is 0.294. The topological polar surface area (TPSA) is 75.8 Å². The molecule has 1 aromatic carbocycles. The second-order valence-electron chi connectivity index (χ2n) is 5.35. The molecule has 5 nitrogen and oxygen atoms in total. The second kappa shape index (κ2) is 6.13. The summed E-state index contributed by atoms with van der Waals surface area (Å²) in [6, 6.07) is 5.25. The zero-order chi connectivity index (χ0) is 14.7. The van der Waals surface area contributed by atoms with E-state index in [9.17, 15) is 9.90 Å². The number of hydrogen-bond acceptors (Lipinski definition) is 4. The zero-order valence-electron chi connectivity index (χ0n) is 12.0. The summed E-state index contributed by atoms with van der Waals surface area (Å²) in [5.74, 6) is -0.291. The minimum atomic E-state index is -0.926. The molecule has 3 N–H and O–H groups in total. The molecule has 1 fully saturated rings. The molecule has 1 aliphatic carbocycles. The van der Waals surface area contributed by atoms with Crippen LogP contribution in [-0.4, -0.2) is 37.4 Å². The molecular weight excluding hydrogens is 256 g/mol. The number of nitrogen functional groups attached to an aromatic ring is 1. The van der Waals surface area contributed by atoms with E-state index in [0.717, 1.165) is 0 Å². The number of benzene rings is 1. The minimum Gasteiger partial charge on any atom is -0.478 e. The number of aromatic carboxylic acids is 1. The lowest BCUT2D eigenvalue weighted by molar-refractivity contribution is 0.0697. The number of carboxylic acid groups (broad SMARTS) is 1. The van der Waals surface area contributed by atoms with E-state index < -0.39 is 5.97 Å². The Balaban J connectivity index is 2.35. The number of carbonyl (C=O) groups is 1. The van der Waals surface area contributed by atoms with Crippen molar-refractivity contribution in [3.05, 3.63) is 23.8 Å². The van der Waals surface area contributed by atoms with E-state index in [1.165, 1.54) is 12.8 Å². The first-order chi connectivity index (χ1) is 9.54. The summed E-state index contributed by atoms with van der Waals surface area (Å²) in [6.45, 7) is 3.37. The Morgan fingerprint density at radius 1 is 1.55 bits per heavy atom. The lowest BCUT2D eigenvalue weighted by atomic mass is 10.1. The summed E-state index contributed by atoms with van der Waals surface area (Å²) in [6.07, 6.45) is 2.41. The van der Waals surface area contributed by atoms with Gasteiger partial charge >= 0.3 is 5.97 Å². The summed E-state index contributed by atoms with van der Waals surface area (Å²) >= 11 is 0. The van der Waals surface area contributed by atoms with Crippen molar-refractivity contribution >= 4 is 17.3 Å².